The van der Waals surface area contributed by atoms with Gasteiger partial charge in [-0.1, -0.05) is 50.2 Å². The quantitative estimate of drug-likeness (QED) is 0.258. The molecule has 50 heavy (non-hydrogen) atoms. The van der Waals surface area contributed by atoms with Gasteiger partial charge in [0.2, 0.25) is 17.7 Å². The van der Waals surface area contributed by atoms with Crippen LogP contribution in [0.15, 0.2) is 61.1 Å². The minimum atomic E-state index is -1.06. The summed E-state index contributed by atoms with van der Waals surface area (Å²) < 4.78 is 12.7. The van der Waals surface area contributed by atoms with E-state index in [1.807, 2.05) is 50.2 Å². The molecule has 0 spiro atoms. The molecule has 0 fully saturated rings. The van der Waals surface area contributed by atoms with Crippen LogP contribution in [-0.4, -0.2) is 84.0 Å². The molecule has 0 unspecified atom stereocenters. The number of nitrogens with zero attached hydrogens (tertiary/aromatic N) is 2. The van der Waals surface area contributed by atoms with Gasteiger partial charge in [-0.2, -0.15) is 0 Å². The van der Waals surface area contributed by atoms with Crippen molar-refractivity contribution in [3.05, 3.63) is 77.9 Å². The first-order chi connectivity index (χ1) is 24.0. The number of imidazole rings is 1. The van der Waals surface area contributed by atoms with Gasteiger partial charge in [0.1, 0.15) is 23.8 Å². The summed E-state index contributed by atoms with van der Waals surface area (Å²) in [5, 5.41) is 14.2. The van der Waals surface area contributed by atoms with Gasteiger partial charge in [0.15, 0.2) is 18.1 Å². The Kier molecular flexibility index (Phi) is 13.8. The molecule has 0 aliphatic carbocycles. The Balaban J connectivity index is 1.60. The highest BCUT2D eigenvalue weighted by molar-refractivity contribution is 5.98. The fourth-order valence-electron chi connectivity index (χ4n) is 5.53. The summed E-state index contributed by atoms with van der Waals surface area (Å²) in [6.45, 7) is 3.96. The molecular formula is C36H47N7O7. The minimum Gasteiger partial charge on any atom is -0.493 e. The van der Waals surface area contributed by atoms with E-state index >= 15 is 0 Å². The van der Waals surface area contributed by atoms with Gasteiger partial charge in [-0.25, -0.2) is 4.98 Å². The van der Waals surface area contributed by atoms with E-state index < -0.39 is 35.8 Å². The van der Waals surface area contributed by atoms with Gasteiger partial charge >= 0.3 is 0 Å². The Hall–Kier alpha value is -5.40. The average molecular weight is 690 g/mol. The number of carbonyl (C=O) groups excluding carboxylic acids is 5. The molecule has 0 saturated heterocycles. The van der Waals surface area contributed by atoms with Crippen molar-refractivity contribution in [3.63, 3.8) is 0 Å². The number of aryl methyl sites for hydroxylation is 2. The lowest BCUT2D eigenvalue weighted by atomic mass is 10.00. The van der Waals surface area contributed by atoms with E-state index in [-0.39, 0.29) is 49.4 Å². The second-order valence-electron chi connectivity index (χ2n) is 12.6. The molecule has 0 radical (unpaired) electrons. The summed E-state index contributed by atoms with van der Waals surface area (Å²) in [6, 6.07) is 11.7. The topological polar surface area (TPSA) is 182 Å². The third kappa shape index (κ3) is 10.8. The van der Waals surface area contributed by atoms with E-state index in [1.165, 1.54) is 24.2 Å². The number of carbonyl (C=O) groups is 5. The maximum atomic E-state index is 13.9. The zero-order valence-corrected chi connectivity index (χ0v) is 29.0. The molecule has 2 heterocycles. The molecule has 3 aromatic rings. The van der Waals surface area contributed by atoms with Gasteiger partial charge in [-0.15, -0.1) is 0 Å². The zero-order chi connectivity index (χ0) is 36.0. The summed E-state index contributed by atoms with van der Waals surface area (Å²) >= 11 is 0. The molecule has 5 N–H and O–H groups in total. The summed E-state index contributed by atoms with van der Waals surface area (Å²) in [5.74, 6) is -1.73. The average Bonchev–Trinajstić information content (AvgIpc) is 3.54. The van der Waals surface area contributed by atoms with Crippen molar-refractivity contribution >= 4 is 29.5 Å². The van der Waals surface area contributed by atoms with Crippen LogP contribution in [0, 0.1) is 5.92 Å². The fourth-order valence-corrected chi connectivity index (χ4v) is 5.53. The SMILES string of the molecule is COc1ccc2cc1OCC(=O)NCCC[C@H](NC(=O)c1cncn1C)C(=O)N[C@@H](Cc1ccccc1)C(=O)N[C@H](C(C)C)C(=O)NCCC2. The van der Waals surface area contributed by atoms with Crippen LogP contribution < -0.4 is 36.1 Å². The molecule has 0 saturated carbocycles. The Morgan fingerprint density at radius 2 is 1.76 bits per heavy atom. The third-order valence-corrected chi connectivity index (χ3v) is 8.35. The lowest BCUT2D eigenvalue weighted by Gasteiger charge is -2.27. The summed E-state index contributed by atoms with van der Waals surface area (Å²) in [6.07, 6.45) is 4.69. The van der Waals surface area contributed by atoms with E-state index in [2.05, 4.69) is 31.6 Å². The molecule has 14 heteroatoms. The number of methoxy groups -OCH3 is 1. The Labute approximate surface area is 292 Å². The van der Waals surface area contributed by atoms with Gasteiger partial charge in [0, 0.05) is 26.6 Å². The molecule has 268 valence electrons. The number of hydrogen-bond acceptors (Lipinski definition) is 8. The maximum Gasteiger partial charge on any atom is 0.270 e. The van der Waals surface area contributed by atoms with E-state index in [1.54, 1.807) is 19.2 Å². The van der Waals surface area contributed by atoms with Crippen LogP contribution in [0.5, 0.6) is 11.5 Å². The molecule has 4 rings (SSSR count). The smallest absolute Gasteiger partial charge is 0.270 e. The monoisotopic (exact) mass is 689 g/mol. The molecule has 1 aliphatic heterocycles. The van der Waals surface area contributed by atoms with Crippen LogP contribution in [0.1, 0.15) is 54.7 Å². The standard InChI is InChI=1S/C36H47N7O7/c1-23(2)32-36(48)39-17-8-12-25-14-15-29(49-4)30(19-25)50-21-31(44)38-16-9-13-26(40-35(47)28-20-37-22-43(28)3)33(45)41-27(34(46)42-32)18-24-10-6-5-7-11-24/h5-7,10-11,14-15,19-20,22-23,26-27,32H,8-9,12-13,16-18,21H2,1-4H3,(H,38,44)(H,39,48)(H,40,47)(H,41,45)(H,42,46)/t26-,27-,32+/m0/s1. The Bertz CT molecular complexity index is 1630. The normalized spacial score (nSPS) is 20.1. The largest absolute Gasteiger partial charge is 0.493 e. The fraction of sp³-hybridized carbons (Fsp3) is 0.444. The van der Waals surface area contributed by atoms with Gasteiger partial charge in [0.25, 0.3) is 11.8 Å². The molecule has 2 bridgehead atoms. The van der Waals surface area contributed by atoms with Crippen molar-refractivity contribution in [1.29, 1.82) is 0 Å². The van der Waals surface area contributed by atoms with Crippen LogP contribution >= 0.6 is 0 Å². The minimum absolute atomic E-state index is 0.142. The molecule has 2 aromatic carbocycles. The predicted molar refractivity (Wildman–Crippen MR) is 185 cm³/mol. The van der Waals surface area contributed by atoms with Crippen molar-refractivity contribution in [2.24, 2.45) is 13.0 Å². The third-order valence-electron chi connectivity index (χ3n) is 8.35. The Morgan fingerprint density at radius 1 is 1.00 bits per heavy atom. The van der Waals surface area contributed by atoms with Crippen LogP contribution in [-0.2, 0) is 39.1 Å². The number of benzene rings is 2. The van der Waals surface area contributed by atoms with Crippen molar-refractivity contribution in [1.82, 2.24) is 36.1 Å². The van der Waals surface area contributed by atoms with Crippen LogP contribution in [0.25, 0.3) is 0 Å². The molecule has 1 aliphatic rings. The molecule has 1 aromatic heterocycles. The summed E-state index contributed by atoms with van der Waals surface area (Å²) in [7, 11) is 3.17. The first-order valence-electron chi connectivity index (χ1n) is 16.8. The van der Waals surface area contributed by atoms with Crippen LogP contribution in [0.2, 0.25) is 0 Å². The van der Waals surface area contributed by atoms with Crippen molar-refractivity contribution in [2.45, 2.75) is 64.1 Å². The number of aromatic nitrogens is 2. The van der Waals surface area contributed by atoms with Gasteiger partial charge in [-0.3, -0.25) is 24.0 Å². The summed E-state index contributed by atoms with van der Waals surface area (Å²) in [5.41, 5.74) is 1.97. The number of ether oxygens (including phenoxy) is 2. The number of amides is 5. The second-order valence-corrected chi connectivity index (χ2v) is 12.6. The second kappa shape index (κ2) is 18.4. The Morgan fingerprint density at radius 3 is 2.46 bits per heavy atom. The maximum absolute atomic E-state index is 13.9. The highest BCUT2D eigenvalue weighted by Crippen LogP contribution is 2.28. The number of nitrogens with one attached hydrogen (secondary N) is 5. The zero-order valence-electron chi connectivity index (χ0n) is 29.0. The first-order valence-corrected chi connectivity index (χ1v) is 16.8. The van der Waals surface area contributed by atoms with Crippen molar-refractivity contribution in [3.8, 4) is 11.5 Å². The highest BCUT2D eigenvalue weighted by Gasteiger charge is 2.31. The van der Waals surface area contributed by atoms with E-state index in [0.29, 0.717) is 37.3 Å². The highest BCUT2D eigenvalue weighted by atomic mass is 16.5. The molecule has 5 amide bonds. The summed E-state index contributed by atoms with van der Waals surface area (Å²) in [4.78, 5) is 70.9. The molecule has 3 atom stereocenters. The van der Waals surface area contributed by atoms with Crippen LogP contribution in [0.3, 0.4) is 0 Å². The van der Waals surface area contributed by atoms with Crippen molar-refractivity contribution in [2.75, 3.05) is 26.8 Å². The van der Waals surface area contributed by atoms with Gasteiger partial charge < -0.3 is 40.6 Å². The molecule has 14 nitrogen and oxygen atoms in total. The van der Waals surface area contributed by atoms with Crippen molar-refractivity contribution < 1.29 is 33.4 Å². The first kappa shape index (κ1) is 37.4. The number of rotatable bonds is 6. The predicted octanol–water partition coefficient (Wildman–Crippen LogP) is 1.43. The van der Waals surface area contributed by atoms with Gasteiger partial charge in [-0.05, 0) is 54.9 Å². The van der Waals surface area contributed by atoms with Gasteiger partial charge in [0.05, 0.1) is 19.6 Å². The lowest BCUT2D eigenvalue weighted by Crippen LogP contribution is -2.58. The van der Waals surface area contributed by atoms with E-state index in [9.17, 15) is 24.0 Å². The van der Waals surface area contributed by atoms with Crippen LogP contribution in [0.4, 0.5) is 0 Å². The molecular weight excluding hydrogens is 642 g/mol. The number of hydrogen-bond donors (Lipinski definition) is 5. The van der Waals surface area contributed by atoms with E-state index in [0.717, 1.165) is 11.1 Å². The van der Waals surface area contributed by atoms with E-state index in [4.69, 9.17) is 9.47 Å². The number of fused-ring (bicyclic) bond motifs is 2. The lowest BCUT2D eigenvalue weighted by molar-refractivity contribution is -0.133.